The van der Waals surface area contributed by atoms with Crippen molar-refractivity contribution in [3.63, 3.8) is 0 Å². The number of halogens is 2. The van der Waals surface area contributed by atoms with E-state index in [0.717, 1.165) is 18.5 Å². The van der Waals surface area contributed by atoms with E-state index < -0.39 is 5.82 Å². The maximum atomic E-state index is 13.3. The van der Waals surface area contributed by atoms with Gasteiger partial charge in [-0.25, -0.2) is 4.39 Å². The number of anilines is 2. The van der Waals surface area contributed by atoms with E-state index >= 15 is 0 Å². The second-order valence-corrected chi connectivity index (χ2v) is 8.02. The highest BCUT2D eigenvalue weighted by atomic mass is 35.5. The van der Waals surface area contributed by atoms with Gasteiger partial charge in [-0.05, 0) is 36.2 Å². The Morgan fingerprint density at radius 2 is 1.75 bits per heavy atom. The Balaban J connectivity index is 2.19. The van der Waals surface area contributed by atoms with Gasteiger partial charge in [-0.2, -0.15) is 0 Å². The number of hydrogen-bond acceptors (Lipinski definition) is 2. The van der Waals surface area contributed by atoms with Crippen molar-refractivity contribution in [2.24, 2.45) is 10.8 Å². The van der Waals surface area contributed by atoms with Crippen molar-refractivity contribution in [3.8, 4) is 0 Å². The quantitative estimate of drug-likeness (QED) is 0.747. The number of nitrogens with one attached hydrogen (secondary N) is 1. The highest BCUT2D eigenvalue weighted by Gasteiger charge is 2.38. The van der Waals surface area contributed by atoms with E-state index in [1.807, 2.05) is 0 Å². The molecule has 0 bridgehead atoms. The molecule has 0 heterocycles. The van der Waals surface area contributed by atoms with Crippen LogP contribution in [-0.4, -0.2) is 6.04 Å². The van der Waals surface area contributed by atoms with E-state index in [1.54, 1.807) is 6.07 Å². The number of nitrogen functional groups attached to an aromatic ring is 1. The van der Waals surface area contributed by atoms with Crippen LogP contribution in [0.5, 0.6) is 0 Å². The lowest BCUT2D eigenvalue weighted by atomic mass is 9.63. The highest BCUT2D eigenvalue weighted by Crippen LogP contribution is 2.46. The summed E-state index contributed by atoms with van der Waals surface area (Å²) in [7, 11) is 0. The molecular weight excluding hydrogens is 275 g/mol. The van der Waals surface area contributed by atoms with Gasteiger partial charge in [-0.3, -0.25) is 0 Å². The van der Waals surface area contributed by atoms with E-state index in [-0.39, 0.29) is 15.9 Å². The molecular formula is C16H24ClFN2. The summed E-state index contributed by atoms with van der Waals surface area (Å²) >= 11 is 5.85. The summed E-state index contributed by atoms with van der Waals surface area (Å²) in [5.74, 6) is -0.473. The van der Waals surface area contributed by atoms with E-state index in [0.29, 0.717) is 11.7 Å². The standard InChI is InChI=1S/C16H24ClFN2/c1-15(2)7-10(8-16(3,4)9-15)20-14-5-11(17)12(18)6-13(14)19/h5-6,10,20H,7-9,19H2,1-4H3. The zero-order valence-corrected chi connectivity index (χ0v) is 13.4. The average Bonchev–Trinajstić information content (AvgIpc) is 2.21. The number of rotatable bonds is 2. The molecule has 0 atom stereocenters. The predicted octanol–water partition coefficient (Wildman–Crippen LogP) is 5.08. The van der Waals surface area contributed by atoms with Gasteiger partial charge in [0.05, 0.1) is 16.4 Å². The SMILES string of the molecule is CC1(C)CC(Nc2cc(Cl)c(F)cc2N)CC(C)(C)C1. The van der Waals surface area contributed by atoms with Crippen molar-refractivity contribution in [2.45, 2.75) is 53.0 Å². The van der Waals surface area contributed by atoms with Gasteiger partial charge in [0.25, 0.3) is 0 Å². The van der Waals surface area contributed by atoms with Crippen LogP contribution in [0, 0.1) is 16.6 Å². The van der Waals surface area contributed by atoms with E-state index in [2.05, 4.69) is 33.0 Å². The van der Waals surface area contributed by atoms with Gasteiger partial charge in [0, 0.05) is 12.1 Å². The van der Waals surface area contributed by atoms with Crippen LogP contribution in [0.4, 0.5) is 15.8 Å². The van der Waals surface area contributed by atoms with E-state index in [9.17, 15) is 4.39 Å². The molecule has 1 saturated carbocycles. The Bertz CT molecular complexity index is 495. The van der Waals surface area contributed by atoms with Gasteiger partial charge < -0.3 is 11.1 Å². The Morgan fingerprint density at radius 3 is 2.30 bits per heavy atom. The van der Waals surface area contributed by atoms with Crippen molar-refractivity contribution < 1.29 is 4.39 Å². The van der Waals surface area contributed by atoms with Gasteiger partial charge in [0.15, 0.2) is 0 Å². The summed E-state index contributed by atoms with van der Waals surface area (Å²) in [6.07, 6.45) is 3.35. The Morgan fingerprint density at radius 1 is 1.20 bits per heavy atom. The second kappa shape index (κ2) is 5.10. The van der Waals surface area contributed by atoms with Gasteiger partial charge in [-0.1, -0.05) is 39.3 Å². The Hall–Kier alpha value is -0.960. The first-order valence-corrected chi connectivity index (χ1v) is 7.47. The maximum absolute atomic E-state index is 13.3. The number of nitrogens with two attached hydrogens (primary N) is 1. The molecule has 3 N–H and O–H groups in total. The monoisotopic (exact) mass is 298 g/mol. The van der Waals surface area contributed by atoms with Gasteiger partial charge in [0.2, 0.25) is 0 Å². The largest absolute Gasteiger partial charge is 0.397 e. The van der Waals surface area contributed by atoms with Crippen molar-refractivity contribution in [1.82, 2.24) is 0 Å². The molecule has 4 heteroatoms. The number of hydrogen-bond donors (Lipinski definition) is 2. The van der Waals surface area contributed by atoms with E-state index in [1.165, 1.54) is 12.5 Å². The van der Waals surface area contributed by atoms with Crippen LogP contribution in [0.1, 0.15) is 47.0 Å². The molecule has 1 aliphatic rings. The van der Waals surface area contributed by atoms with Gasteiger partial charge in [-0.15, -0.1) is 0 Å². The first-order valence-electron chi connectivity index (χ1n) is 7.09. The molecule has 0 aliphatic heterocycles. The minimum atomic E-state index is -0.473. The molecule has 0 unspecified atom stereocenters. The fourth-order valence-corrected chi connectivity index (χ4v) is 4.02. The first-order chi connectivity index (χ1) is 9.08. The van der Waals surface area contributed by atoms with Crippen molar-refractivity contribution in [1.29, 1.82) is 0 Å². The van der Waals surface area contributed by atoms with Crippen LogP contribution >= 0.6 is 11.6 Å². The summed E-state index contributed by atoms with van der Waals surface area (Å²) in [5, 5.41) is 3.56. The minimum Gasteiger partial charge on any atom is -0.397 e. The lowest BCUT2D eigenvalue weighted by Gasteiger charge is -2.45. The molecule has 1 aromatic carbocycles. The number of benzene rings is 1. The first kappa shape index (κ1) is 15.4. The van der Waals surface area contributed by atoms with Crippen LogP contribution < -0.4 is 11.1 Å². The highest BCUT2D eigenvalue weighted by molar-refractivity contribution is 6.31. The van der Waals surface area contributed by atoms with Crippen molar-refractivity contribution in [3.05, 3.63) is 23.0 Å². The summed E-state index contributed by atoms with van der Waals surface area (Å²) in [6, 6.07) is 3.20. The van der Waals surface area contributed by atoms with Crippen LogP contribution in [0.2, 0.25) is 5.02 Å². The Labute approximate surface area is 125 Å². The summed E-state index contributed by atoms with van der Waals surface area (Å²) in [5.41, 5.74) is 7.60. The van der Waals surface area contributed by atoms with E-state index in [4.69, 9.17) is 17.3 Å². The third kappa shape index (κ3) is 3.57. The fourth-order valence-electron chi connectivity index (χ4n) is 3.86. The third-order valence-corrected chi connectivity index (χ3v) is 4.30. The molecule has 20 heavy (non-hydrogen) atoms. The normalized spacial score (nSPS) is 21.7. The van der Waals surface area contributed by atoms with Crippen molar-refractivity contribution >= 4 is 23.0 Å². The molecule has 1 aliphatic carbocycles. The molecule has 0 radical (unpaired) electrons. The van der Waals surface area contributed by atoms with Gasteiger partial charge >= 0.3 is 0 Å². The lowest BCUT2D eigenvalue weighted by Crippen LogP contribution is -2.40. The molecule has 112 valence electrons. The molecule has 1 fully saturated rings. The summed E-state index contributed by atoms with van der Waals surface area (Å²) < 4.78 is 13.3. The van der Waals surface area contributed by atoms with Gasteiger partial charge in [0.1, 0.15) is 5.82 Å². The third-order valence-electron chi connectivity index (χ3n) is 4.01. The fraction of sp³-hybridized carbons (Fsp3) is 0.625. The molecule has 0 amide bonds. The van der Waals surface area contributed by atoms with Crippen LogP contribution in [0.3, 0.4) is 0 Å². The van der Waals surface area contributed by atoms with Crippen LogP contribution in [0.15, 0.2) is 12.1 Å². The van der Waals surface area contributed by atoms with Crippen LogP contribution in [0.25, 0.3) is 0 Å². The smallest absolute Gasteiger partial charge is 0.143 e. The zero-order valence-electron chi connectivity index (χ0n) is 12.7. The maximum Gasteiger partial charge on any atom is 0.143 e. The predicted molar refractivity (Wildman–Crippen MR) is 84.6 cm³/mol. The molecule has 0 saturated heterocycles. The van der Waals surface area contributed by atoms with Crippen molar-refractivity contribution in [2.75, 3.05) is 11.1 Å². The van der Waals surface area contributed by atoms with Crippen LogP contribution in [-0.2, 0) is 0 Å². The molecule has 0 aromatic heterocycles. The summed E-state index contributed by atoms with van der Waals surface area (Å²) in [6.45, 7) is 9.18. The zero-order chi connectivity index (χ0) is 15.1. The molecule has 0 spiro atoms. The summed E-state index contributed by atoms with van der Waals surface area (Å²) in [4.78, 5) is 0. The topological polar surface area (TPSA) is 38.0 Å². The lowest BCUT2D eigenvalue weighted by molar-refractivity contribution is 0.105. The molecule has 2 rings (SSSR count). The Kier molecular flexibility index (Phi) is 3.94. The second-order valence-electron chi connectivity index (χ2n) is 7.61. The average molecular weight is 299 g/mol. The molecule has 2 nitrogen and oxygen atoms in total. The molecule has 1 aromatic rings. The minimum absolute atomic E-state index is 0.107.